The molecule has 0 aliphatic heterocycles. The number of benzene rings is 1. The van der Waals surface area contributed by atoms with Crippen LogP contribution in [0.1, 0.15) is 25.2 Å². The molecular formula is C21H19ClN4O2S3. The molecule has 2 heterocycles. The normalized spacial score (nSPS) is 11.5. The summed E-state index contributed by atoms with van der Waals surface area (Å²) in [6.07, 6.45) is 1.41. The molecule has 3 aromatic rings. The van der Waals surface area contributed by atoms with Gasteiger partial charge in [0, 0.05) is 34.1 Å². The number of halogens is 1. The molecule has 2 aromatic heterocycles. The Bertz CT molecular complexity index is 1100. The van der Waals surface area contributed by atoms with Crippen molar-refractivity contribution in [2.45, 2.75) is 29.8 Å². The summed E-state index contributed by atoms with van der Waals surface area (Å²) < 4.78 is 9.93. The van der Waals surface area contributed by atoms with Crippen LogP contribution < -0.4 is 5.32 Å². The zero-order valence-corrected chi connectivity index (χ0v) is 20.0. The number of amides is 1. The first kappa shape index (κ1) is 23.4. The highest BCUT2D eigenvalue weighted by molar-refractivity contribution is 7.99. The molecule has 6 nitrogen and oxygen atoms in total. The van der Waals surface area contributed by atoms with E-state index in [-0.39, 0.29) is 5.57 Å². The van der Waals surface area contributed by atoms with Crippen LogP contribution in [0.15, 0.2) is 56.6 Å². The van der Waals surface area contributed by atoms with Crippen molar-refractivity contribution in [3.05, 3.63) is 58.3 Å². The van der Waals surface area contributed by atoms with E-state index >= 15 is 0 Å². The van der Waals surface area contributed by atoms with Gasteiger partial charge in [-0.15, -0.1) is 0 Å². The molecule has 0 spiro atoms. The molecule has 1 N–H and O–H groups in total. The molecule has 0 radical (unpaired) electrons. The van der Waals surface area contributed by atoms with E-state index in [4.69, 9.17) is 16.0 Å². The lowest BCUT2D eigenvalue weighted by Gasteiger charge is -2.00. The second-order valence-corrected chi connectivity index (χ2v) is 9.94. The Morgan fingerprint density at radius 1 is 1.29 bits per heavy atom. The van der Waals surface area contributed by atoms with Crippen LogP contribution in [0.4, 0.5) is 5.13 Å². The van der Waals surface area contributed by atoms with Gasteiger partial charge in [-0.25, -0.2) is 0 Å². The fourth-order valence-electron chi connectivity index (χ4n) is 2.24. The molecule has 0 saturated carbocycles. The second kappa shape index (κ2) is 11.4. The zero-order chi connectivity index (χ0) is 22.2. The molecule has 1 amide bonds. The largest absolute Gasteiger partial charge is 0.450 e. The summed E-state index contributed by atoms with van der Waals surface area (Å²) >= 11 is 10.0. The van der Waals surface area contributed by atoms with Crippen LogP contribution in [-0.2, 0) is 10.5 Å². The summed E-state index contributed by atoms with van der Waals surface area (Å²) in [4.78, 5) is 16.7. The standard InChI is InChI=1S/C21H19ClN4O2S3/c1-13(2)11-30-21-25-20(31-26-21)24-19(27)15(10-23)9-17-7-8-18(28-17)29-12-14-3-5-16(22)6-4-14/h3-9,13H,11-12H2,1-2H3,(H,24,25,26,27). The summed E-state index contributed by atoms with van der Waals surface area (Å²) in [5.41, 5.74) is 1.04. The molecule has 0 aliphatic rings. The van der Waals surface area contributed by atoms with Gasteiger partial charge >= 0.3 is 0 Å². The van der Waals surface area contributed by atoms with Crippen molar-refractivity contribution in [2.24, 2.45) is 5.92 Å². The maximum absolute atomic E-state index is 12.4. The molecule has 160 valence electrons. The Balaban J connectivity index is 1.59. The van der Waals surface area contributed by atoms with Crippen molar-refractivity contribution in [1.29, 1.82) is 5.26 Å². The highest BCUT2D eigenvalue weighted by Gasteiger charge is 2.14. The van der Waals surface area contributed by atoms with Gasteiger partial charge in [0.05, 0.1) is 0 Å². The third kappa shape index (κ3) is 7.43. The van der Waals surface area contributed by atoms with Gasteiger partial charge in [-0.05, 0) is 35.7 Å². The number of carbonyl (C=O) groups is 1. The number of nitrogens with one attached hydrogen (secondary N) is 1. The lowest BCUT2D eigenvalue weighted by atomic mass is 10.2. The van der Waals surface area contributed by atoms with Crippen LogP contribution in [0, 0.1) is 17.2 Å². The molecule has 1 aromatic carbocycles. The average Bonchev–Trinajstić information content (AvgIpc) is 3.39. The summed E-state index contributed by atoms with van der Waals surface area (Å²) in [7, 11) is 0. The van der Waals surface area contributed by atoms with Gasteiger partial charge in [-0.2, -0.15) is 14.6 Å². The number of aromatic nitrogens is 2. The number of nitriles is 1. The highest BCUT2D eigenvalue weighted by atomic mass is 35.5. The van der Waals surface area contributed by atoms with Crippen LogP contribution >= 0.6 is 46.7 Å². The van der Waals surface area contributed by atoms with E-state index in [1.54, 1.807) is 6.07 Å². The first-order chi connectivity index (χ1) is 14.9. The summed E-state index contributed by atoms with van der Waals surface area (Å²) in [6, 6.07) is 13.0. The van der Waals surface area contributed by atoms with Crippen molar-refractivity contribution in [2.75, 3.05) is 11.1 Å². The Labute approximate surface area is 198 Å². The topological polar surface area (TPSA) is 91.8 Å². The monoisotopic (exact) mass is 490 g/mol. The number of hydrogen-bond acceptors (Lipinski definition) is 8. The van der Waals surface area contributed by atoms with Gasteiger partial charge in [0.15, 0.2) is 5.09 Å². The Morgan fingerprint density at radius 3 is 2.77 bits per heavy atom. The van der Waals surface area contributed by atoms with E-state index < -0.39 is 5.91 Å². The lowest BCUT2D eigenvalue weighted by molar-refractivity contribution is -0.112. The van der Waals surface area contributed by atoms with Crippen LogP contribution in [0.3, 0.4) is 0 Å². The molecule has 0 aliphatic carbocycles. The average molecular weight is 491 g/mol. The first-order valence-corrected chi connectivity index (χ1v) is 12.4. The minimum Gasteiger partial charge on any atom is -0.450 e. The molecule has 0 atom stereocenters. The lowest BCUT2D eigenvalue weighted by Crippen LogP contribution is -2.13. The van der Waals surface area contributed by atoms with Gasteiger partial charge in [-0.1, -0.05) is 61.1 Å². The van der Waals surface area contributed by atoms with Crippen molar-refractivity contribution >= 4 is 63.8 Å². The van der Waals surface area contributed by atoms with Crippen LogP contribution in [-0.4, -0.2) is 21.0 Å². The maximum Gasteiger partial charge on any atom is 0.268 e. The fourth-order valence-corrected chi connectivity index (χ4v) is 4.68. The molecular weight excluding hydrogens is 472 g/mol. The molecule has 0 unspecified atom stereocenters. The number of thioether (sulfide) groups is 2. The maximum atomic E-state index is 12.4. The van der Waals surface area contributed by atoms with Crippen molar-refractivity contribution < 1.29 is 9.21 Å². The minimum absolute atomic E-state index is 0.0739. The molecule has 0 bridgehead atoms. The molecule has 0 fully saturated rings. The Hall–Kier alpha value is -2.25. The van der Waals surface area contributed by atoms with Gasteiger partial charge in [0.1, 0.15) is 17.4 Å². The SMILES string of the molecule is CC(C)CSc1nsc(NC(=O)C(C#N)=Cc2ccc(SCc3ccc(Cl)cc3)o2)n1. The van der Waals surface area contributed by atoms with Crippen LogP contribution in [0.25, 0.3) is 6.08 Å². The van der Waals surface area contributed by atoms with E-state index in [9.17, 15) is 10.1 Å². The van der Waals surface area contributed by atoms with Gasteiger partial charge < -0.3 is 4.42 Å². The summed E-state index contributed by atoms with van der Waals surface area (Å²) in [5, 5.41) is 14.4. The van der Waals surface area contributed by atoms with E-state index in [2.05, 4.69) is 28.5 Å². The van der Waals surface area contributed by atoms with Crippen molar-refractivity contribution in [3.63, 3.8) is 0 Å². The minimum atomic E-state index is -0.550. The van der Waals surface area contributed by atoms with E-state index in [0.717, 1.165) is 22.8 Å². The number of furan rings is 1. The molecule has 0 saturated heterocycles. The number of hydrogen-bond donors (Lipinski definition) is 1. The quantitative estimate of drug-likeness (QED) is 0.211. The van der Waals surface area contributed by atoms with Gasteiger partial charge in [0.2, 0.25) is 10.3 Å². The molecule has 31 heavy (non-hydrogen) atoms. The number of nitrogens with zero attached hydrogens (tertiary/aromatic N) is 3. The van der Waals surface area contributed by atoms with Gasteiger partial charge in [0.25, 0.3) is 5.91 Å². The molecule has 3 rings (SSSR count). The number of carbonyl (C=O) groups excluding carboxylic acids is 1. The van der Waals surface area contributed by atoms with E-state index in [1.807, 2.05) is 36.4 Å². The van der Waals surface area contributed by atoms with Crippen molar-refractivity contribution in [1.82, 2.24) is 9.36 Å². The van der Waals surface area contributed by atoms with E-state index in [0.29, 0.717) is 37.8 Å². The zero-order valence-electron chi connectivity index (χ0n) is 16.8. The predicted molar refractivity (Wildman–Crippen MR) is 127 cm³/mol. The third-order valence-corrected chi connectivity index (χ3v) is 6.98. The second-order valence-electron chi connectivity index (χ2n) is 6.78. The van der Waals surface area contributed by atoms with Crippen molar-refractivity contribution in [3.8, 4) is 6.07 Å². The first-order valence-electron chi connectivity index (χ1n) is 9.29. The molecule has 10 heteroatoms. The third-order valence-electron chi connectivity index (χ3n) is 3.72. The van der Waals surface area contributed by atoms with E-state index in [1.165, 1.54) is 29.6 Å². The highest BCUT2D eigenvalue weighted by Crippen LogP contribution is 2.27. The van der Waals surface area contributed by atoms with Crippen LogP contribution in [0.2, 0.25) is 5.02 Å². The smallest absolute Gasteiger partial charge is 0.268 e. The Morgan fingerprint density at radius 2 is 2.06 bits per heavy atom. The predicted octanol–water partition coefficient (Wildman–Crippen LogP) is 6.37. The Kier molecular flexibility index (Phi) is 8.60. The van der Waals surface area contributed by atoms with Gasteiger partial charge in [-0.3, -0.25) is 10.1 Å². The fraction of sp³-hybridized carbons (Fsp3) is 0.238. The number of anilines is 1. The number of rotatable bonds is 9. The van der Waals surface area contributed by atoms with Crippen LogP contribution in [0.5, 0.6) is 0 Å². The summed E-state index contributed by atoms with van der Waals surface area (Å²) in [6.45, 7) is 4.23. The summed E-state index contributed by atoms with van der Waals surface area (Å²) in [5.74, 6) is 2.00.